The van der Waals surface area contributed by atoms with E-state index in [1.165, 1.54) is 25.7 Å². The molecule has 1 amide bonds. The number of carbonyl (C=O) groups excluding carboxylic acids is 1. The predicted molar refractivity (Wildman–Crippen MR) is 122 cm³/mol. The molecule has 0 aromatic carbocycles. The van der Waals surface area contributed by atoms with Crippen molar-refractivity contribution in [2.75, 3.05) is 6.54 Å². The van der Waals surface area contributed by atoms with Crippen LogP contribution in [0.2, 0.25) is 0 Å². The first-order valence-electron chi connectivity index (χ1n) is 12.9. The summed E-state index contributed by atoms with van der Waals surface area (Å²) in [7, 11) is 0. The minimum atomic E-state index is -1.03. The topological polar surface area (TPSA) is 107 Å². The number of carboxylic acid groups (broad SMARTS) is 1. The van der Waals surface area contributed by atoms with Crippen LogP contribution in [0, 0.1) is 46.3 Å². The van der Waals surface area contributed by atoms with Crippen molar-refractivity contribution in [3.63, 3.8) is 0 Å². The zero-order chi connectivity index (χ0) is 23.3. The number of aliphatic carboxylic acids is 1. The Hall–Kier alpha value is -1.14. The van der Waals surface area contributed by atoms with Crippen molar-refractivity contribution in [1.82, 2.24) is 5.32 Å². The Bertz CT molecular complexity index is 727. The SMILES string of the molecule is CC(CCC(=O)NCC(=O)O)C1CCC2C3C(O)CC4CCCCC4(C)C3CC(O)C12C. The van der Waals surface area contributed by atoms with Crippen LogP contribution in [0.25, 0.3) is 0 Å². The monoisotopic (exact) mass is 449 g/mol. The van der Waals surface area contributed by atoms with Crippen LogP contribution in [-0.2, 0) is 9.59 Å². The van der Waals surface area contributed by atoms with Gasteiger partial charge in [0.05, 0.1) is 12.2 Å². The average Bonchev–Trinajstić information content (AvgIpc) is 3.10. The smallest absolute Gasteiger partial charge is 0.322 e. The molecule has 4 aliphatic carbocycles. The number of carboxylic acids is 1. The van der Waals surface area contributed by atoms with Gasteiger partial charge in [-0.1, -0.05) is 33.6 Å². The van der Waals surface area contributed by atoms with E-state index in [0.29, 0.717) is 36.5 Å². The number of carbonyl (C=O) groups is 2. The largest absolute Gasteiger partial charge is 0.480 e. The maximum atomic E-state index is 12.0. The van der Waals surface area contributed by atoms with Crippen LogP contribution in [0.5, 0.6) is 0 Å². The molecule has 32 heavy (non-hydrogen) atoms. The Morgan fingerprint density at radius 3 is 2.53 bits per heavy atom. The molecule has 4 aliphatic rings. The number of nitrogens with one attached hydrogen (secondary N) is 1. The Morgan fingerprint density at radius 1 is 1.06 bits per heavy atom. The molecular formula is C26H43NO5. The molecule has 4 fully saturated rings. The first kappa shape index (κ1) is 24.0. The first-order valence-corrected chi connectivity index (χ1v) is 12.9. The van der Waals surface area contributed by atoms with Gasteiger partial charge in [-0.3, -0.25) is 9.59 Å². The molecule has 0 aromatic heterocycles. The van der Waals surface area contributed by atoms with Crippen LogP contribution < -0.4 is 5.32 Å². The van der Waals surface area contributed by atoms with Gasteiger partial charge >= 0.3 is 5.97 Å². The van der Waals surface area contributed by atoms with Crippen LogP contribution >= 0.6 is 0 Å². The Morgan fingerprint density at radius 2 is 1.81 bits per heavy atom. The van der Waals surface area contributed by atoms with Crippen molar-refractivity contribution < 1.29 is 24.9 Å². The third-order valence-corrected chi connectivity index (χ3v) is 10.7. The average molecular weight is 450 g/mol. The standard InChI is InChI=1S/C26H43NO5/c1-15(7-10-22(30)27-14-23(31)32)17-8-9-18-24-19(13-21(29)26(17,18)3)25(2)11-5-4-6-16(25)12-20(24)28/h15-21,24,28-29H,4-14H2,1-3H3,(H,27,30)(H,31,32). The van der Waals surface area contributed by atoms with Crippen molar-refractivity contribution in [3.8, 4) is 0 Å². The van der Waals surface area contributed by atoms with Crippen molar-refractivity contribution in [2.24, 2.45) is 46.3 Å². The van der Waals surface area contributed by atoms with Gasteiger partial charge in [0.1, 0.15) is 6.54 Å². The molecule has 0 aliphatic heterocycles. The lowest BCUT2D eigenvalue weighted by Crippen LogP contribution is -2.61. The molecule has 4 N–H and O–H groups in total. The quantitative estimate of drug-likeness (QED) is 0.496. The molecule has 4 rings (SSSR count). The predicted octanol–water partition coefficient (Wildman–Crippen LogP) is 3.59. The first-order chi connectivity index (χ1) is 15.1. The molecule has 0 aromatic rings. The summed E-state index contributed by atoms with van der Waals surface area (Å²) in [6.07, 6.45) is 9.18. The van der Waals surface area contributed by atoms with Crippen molar-refractivity contribution in [1.29, 1.82) is 0 Å². The summed E-state index contributed by atoms with van der Waals surface area (Å²) >= 11 is 0. The molecule has 6 heteroatoms. The van der Waals surface area contributed by atoms with Crippen LogP contribution in [0.4, 0.5) is 0 Å². The summed E-state index contributed by atoms with van der Waals surface area (Å²) in [5, 5.41) is 34.1. The molecule has 0 heterocycles. The molecular weight excluding hydrogens is 406 g/mol. The van der Waals surface area contributed by atoms with Crippen molar-refractivity contribution in [2.45, 2.75) is 97.2 Å². The molecule has 0 radical (unpaired) electrons. The van der Waals surface area contributed by atoms with E-state index in [9.17, 15) is 19.8 Å². The Balaban J connectivity index is 1.48. The number of rotatable bonds is 6. The second-order valence-electron chi connectivity index (χ2n) is 12.0. The van der Waals surface area contributed by atoms with Gasteiger partial charge in [0, 0.05) is 6.42 Å². The lowest BCUT2D eigenvalue weighted by Gasteiger charge is -2.63. The maximum Gasteiger partial charge on any atom is 0.322 e. The van der Waals surface area contributed by atoms with Gasteiger partial charge in [-0.25, -0.2) is 0 Å². The number of amides is 1. The second-order valence-corrected chi connectivity index (χ2v) is 12.0. The van der Waals surface area contributed by atoms with Crippen molar-refractivity contribution >= 4 is 11.9 Å². The summed E-state index contributed by atoms with van der Waals surface area (Å²) in [6.45, 7) is 6.53. The summed E-state index contributed by atoms with van der Waals surface area (Å²) in [5.41, 5.74) is 0.0212. The van der Waals surface area contributed by atoms with Gasteiger partial charge in [-0.05, 0) is 91.3 Å². The Labute approximate surface area is 192 Å². The van der Waals surface area contributed by atoms with Gasteiger partial charge in [0.2, 0.25) is 5.91 Å². The number of aliphatic hydroxyl groups excluding tert-OH is 2. The summed E-state index contributed by atoms with van der Waals surface area (Å²) in [4.78, 5) is 22.7. The highest BCUT2D eigenvalue weighted by atomic mass is 16.4. The van der Waals surface area contributed by atoms with Gasteiger partial charge in [-0.15, -0.1) is 0 Å². The number of hydrogen-bond donors (Lipinski definition) is 4. The van der Waals surface area contributed by atoms with E-state index in [2.05, 4.69) is 26.1 Å². The van der Waals surface area contributed by atoms with Crippen LogP contribution in [-0.4, -0.2) is 45.9 Å². The van der Waals surface area contributed by atoms with E-state index in [0.717, 1.165) is 25.7 Å². The molecule has 10 atom stereocenters. The highest BCUT2D eigenvalue weighted by Crippen LogP contribution is 2.68. The van der Waals surface area contributed by atoms with Crippen molar-refractivity contribution in [3.05, 3.63) is 0 Å². The molecule has 10 unspecified atom stereocenters. The third-order valence-electron chi connectivity index (χ3n) is 10.7. The summed E-state index contributed by atoms with van der Waals surface area (Å²) < 4.78 is 0. The van der Waals surface area contributed by atoms with Crippen LogP contribution in [0.15, 0.2) is 0 Å². The zero-order valence-corrected chi connectivity index (χ0v) is 20.1. The Kier molecular flexibility index (Phi) is 6.68. The van der Waals surface area contributed by atoms with E-state index in [4.69, 9.17) is 5.11 Å². The number of aliphatic hydroxyl groups is 2. The molecule has 0 spiro atoms. The summed E-state index contributed by atoms with van der Waals surface area (Å²) in [6, 6.07) is 0. The lowest BCUT2D eigenvalue weighted by atomic mass is 9.43. The van der Waals surface area contributed by atoms with Gasteiger partial charge < -0.3 is 20.6 Å². The van der Waals surface area contributed by atoms with E-state index >= 15 is 0 Å². The van der Waals surface area contributed by atoms with Crippen LogP contribution in [0.3, 0.4) is 0 Å². The molecule has 4 saturated carbocycles. The molecule has 0 bridgehead atoms. The van der Waals surface area contributed by atoms with E-state index in [1.807, 2.05) is 0 Å². The maximum absolute atomic E-state index is 12.0. The lowest BCUT2D eigenvalue weighted by molar-refractivity contribution is -0.201. The fourth-order valence-corrected chi connectivity index (χ4v) is 9.01. The second kappa shape index (κ2) is 8.90. The fourth-order valence-electron chi connectivity index (χ4n) is 9.01. The van der Waals surface area contributed by atoms with E-state index < -0.39 is 5.97 Å². The minimum Gasteiger partial charge on any atom is -0.480 e. The van der Waals surface area contributed by atoms with Gasteiger partial charge in [0.25, 0.3) is 0 Å². The van der Waals surface area contributed by atoms with Gasteiger partial charge in [-0.2, -0.15) is 0 Å². The fraction of sp³-hybridized carbons (Fsp3) is 0.923. The van der Waals surface area contributed by atoms with Crippen LogP contribution in [0.1, 0.15) is 85.0 Å². The molecule has 182 valence electrons. The minimum absolute atomic E-state index is 0.220. The number of fused-ring (bicyclic) bond motifs is 5. The third kappa shape index (κ3) is 3.89. The molecule has 0 saturated heterocycles. The number of hydrogen-bond acceptors (Lipinski definition) is 4. The highest BCUT2D eigenvalue weighted by Gasteiger charge is 2.65. The molecule has 6 nitrogen and oxygen atoms in total. The normalized spacial score (nSPS) is 46.5. The van der Waals surface area contributed by atoms with E-state index in [1.54, 1.807) is 0 Å². The van der Waals surface area contributed by atoms with E-state index in [-0.39, 0.29) is 47.3 Å². The zero-order valence-electron chi connectivity index (χ0n) is 20.1. The summed E-state index contributed by atoms with van der Waals surface area (Å²) in [5.74, 6) is 0.938. The highest BCUT2D eigenvalue weighted by molar-refractivity contribution is 5.81. The van der Waals surface area contributed by atoms with Gasteiger partial charge in [0.15, 0.2) is 0 Å².